The molecule has 0 aromatic heterocycles. The van der Waals surface area contributed by atoms with Gasteiger partial charge in [-0.05, 0) is 50.8 Å². The van der Waals surface area contributed by atoms with Crippen LogP contribution in [0.2, 0.25) is 0 Å². The molecule has 6 nitrogen and oxygen atoms in total. The predicted octanol–water partition coefficient (Wildman–Crippen LogP) is 6.71. The Hall–Kier alpha value is -2.78. The van der Waals surface area contributed by atoms with Gasteiger partial charge in [-0.25, -0.2) is 4.79 Å². The number of halogens is 3. The fourth-order valence-electron chi connectivity index (χ4n) is 6.02. The second kappa shape index (κ2) is 12.0. The van der Waals surface area contributed by atoms with Gasteiger partial charge >= 0.3 is 12.3 Å². The number of amides is 1. The van der Waals surface area contributed by atoms with Crippen molar-refractivity contribution in [1.29, 1.82) is 0 Å². The van der Waals surface area contributed by atoms with E-state index in [9.17, 15) is 9.90 Å². The van der Waals surface area contributed by atoms with Gasteiger partial charge in [-0.1, -0.05) is 55.7 Å². The summed E-state index contributed by atoms with van der Waals surface area (Å²) in [6, 6.07) is 11.6. The Morgan fingerprint density at radius 1 is 0.975 bits per heavy atom. The third kappa shape index (κ3) is 6.92. The summed E-state index contributed by atoms with van der Waals surface area (Å²) in [7, 11) is 1.37. The van der Waals surface area contributed by atoms with Gasteiger partial charge in [-0.2, -0.15) is 13.2 Å². The largest absolute Gasteiger partial charge is 0.496 e. The van der Waals surface area contributed by atoms with Crippen LogP contribution in [0.1, 0.15) is 69.9 Å². The number of benzene rings is 2. The smallest absolute Gasteiger partial charge is 0.417 e. The van der Waals surface area contributed by atoms with Crippen LogP contribution in [0, 0.1) is 0 Å². The molecule has 2 aliphatic rings. The molecule has 1 atom stereocenters. The number of methoxy groups -OCH3 is 1. The number of rotatable bonds is 6. The van der Waals surface area contributed by atoms with Gasteiger partial charge in [0.15, 0.2) is 0 Å². The number of carbonyl (C=O) groups excluding carboxylic acids is 1. The quantitative estimate of drug-likeness (QED) is 0.424. The van der Waals surface area contributed by atoms with E-state index >= 15 is 13.2 Å². The summed E-state index contributed by atoms with van der Waals surface area (Å²) >= 11 is 0. The van der Waals surface area contributed by atoms with Crippen molar-refractivity contribution in [2.24, 2.45) is 0 Å². The molecule has 0 radical (unpaired) electrons. The normalized spacial score (nSPS) is 19.2. The topological polar surface area (TPSA) is 62.2 Å². The highest BCUT2D eigenvalue weighted by Crippen LogP contribution is 2.50. The van der Waals surface area contributed by atoms with Crippen molar-refractivity contribution < 1.29 is 32.5 Å². The van der Waals surface area contributed by atoms with Gasteiger partial charge in [0, 0.05) is 44.2 Å². The molecule has 4 rings (SSSR count). The van der Waals surface area contributed by atoms with Gasteiger partial charge in [0.1, 0.15) is 11.4 Å². The van der Waals surface area contributed by atoms with Gasteiger partial charge in [-0.3, -0.25) is 4.90 Å². The Balaban J connectivity index is 1.72. The molecule has 1 aliphatic heterocycles. The van der Waals surface area contributed by atoms with Crippen molar-refractivity contribution in [3.05, 3.63) is 53.6 Å². The maximum absolute atomic E-state index is 15.0. The minimum Gasteiger partial charge on any atom is -0.496 e. The molecule has 1 unspecified atom stereocenters. The fraction of sp³-hybridized carbons (Fsp3) is 0.581. The number of ether oxygens (including phenoxy) is 2. The molecular weight excluding hydrogens is 521 g/mol. The number of nitrogens with zero attached hydrogens (tertiary/aromatic N) is 2. The molecule has 1 saturated carbocycles. The van der Waals surface area contributed by atoms with Crippen LogP contribution in [0.3, 0.4) is 0 Å². The first-order valence-electron chi connectivity index (χ1n) is 14.1. The summed E-state index contributed by atoms with van der Waals surface area (Å²) in [6.07, 6.45) is -1.69. The van der Waals surface area contributed by atoms with E-state index in [-0.39, 0.29) is 23.4 Å². The first kappa shape index (κ1) is 30.2. The van der Waals surface area contributed by atoms with E-state index < -0.39 is 35.0 Å². The van der Waals surface area contributed by atoms with E-state index in [1.807, 2.05) is 20.8 Å². The van der Waals surface area contributed by atoms with Crippen LogP contribution in [0.4, 0.5) is 18.0 Å². The Kier molecular flexibility index (Phi) is 9.05. The van der Waals surface area contributed by atoms with Crippen molar-refractivity contribution in [3.8, 4) is 16.9 Å². The Morgan fingerprint density at radius 2 is 1.60 bits per heavy atom. The van der Waals surface area contributed by atoms with E-state index in [1.54, 1.807) is 41.3 Å². The molecular formula is C31H41F3N2O4. The van der Waals surface area contributed by atoms with E-state index in [1.165, 1.54) is 13.2 Å². The van der Waals surface area contributed by atoms with E-state index in [0.29, 0.717) is 44.6 Å². The number of piperazine rings is 1. The molecule has 2 fully saturated rings. The molecule has 1 heterocycles. The first-order chi connectivity index (χ1) is 18.8. The summed E-state index contributed by atoms with van der Waals surface area (Å²) in [5.74, 6) is -0.631. The number of hydrogen-bond donors (Lipinski definition) is 1. The van der Waals surface area contributed by atoms with Crippen LogP contribution in [0.25, 0.3) is 11.1 Å². The second-order valence-corrected chi connectivity index (χ2v) is 12.0. The van der Waals surface area contributed by atoms with Crippen LogP contribution in [-0.4, -0.2) is 72.0 Å². The standard InChI is InChI=1S/C31H41F3N2O4/c1-29(2,3)40-28(37)36-19-17-35(18-20-36)21-24(30(38)15-9-6-10-16-30)23-13-14-25(39-4)26(27(23)31(32,33)34)22-11-7-5-8-12-22/h5,7-8,11-14,24,38H,6,9-10,15-21H2,1-4H3. The molecule has 1 N–H and O–H groups in total. The Labute approximate surface area is 235 Å². The lowest BCUT2D eigenvalue weighted by Crippen LogP contribution is -2.53. The van der Waals surface area contributed by atoms with Crippen molar-refractivity contribution >= 4 is 6.09 Å². The van der Waals surface area contributed by atoms with Crippen LogP contribution >= 0.6 is 0 Å². The van der Waals surface area contributed by atoms with Crippen LogP contribution in [0.5, 0.6) is 5.75 Å². The van der Waals surface area contributed by atoms with Gasteiger partial charge in [0.25, 0.3) is 0 Å². The Bertz CT molecular complexity index is 1150. The summed E-state index contributed by atoms with van der Waals surface area (Å²) < 4.78 is 56.0. The van der Waals surface area contributed by atoms with Crippen LogP contribution in [0.15, 0.2) is 42.5 Å². The highest BCUT2D eigenvalue weighted by Gasteiger charge is 2.46. The highest BCUT2D eigenvalue weighted by atomic mass is 19.4. The number of aliphatic hydroxyl groups is 1. The van der Waals surface area contributed by atoms with Crippen LogP contribution in [-0.2, 0) is 10.9 Å². The van der Waals surface area contributed by atoms with Crippen LogP contribution < -0.4 is 4.74 Å². The van der Waals surface area contributed by atoms with Crippen molar-refractivity contribution in [2.75, 3.05) is 39.8 Å². The first-order valence-corrected chi connectivity index (χ1v) is 14.1. The average molecular weight is 563 g/mol. The summed E-state index contributed by atoms with van der Waals surface area (Å²) in [6.45, 7) is 7.47. The molecule has 1 amide bonds. The summed E-state index contributed by atoms with van der Waals surface area (Å²) in [5, 5.41) is 12.0. The van der Waals surface area contributed by atoms with Gasteiger partial charge in [-0.15, -0.1) is 0 Å². The number of carbonyl (C=O) groups is 1. The molecule has 9 heteroatoms. The maximum Gasteiger partial charge on any atom is 0.417 e. The molecule has 1 aliphatic carbocycles. The van der Waals surface area contributed by atoms with Gasteiger partial charge in [0.2, 0.25) is 0 Å². The Morgan fingerprint density at radius 3 is 2.15 bits per heavy atom. The minimum absolute atomic E-state index is 0.00717. The molecule has 220 valence electrons. The number of hydrogen-bond acceptors (Lipinski definition) is 5. The molecule has 1 saturated heterocycles. The van der Waals surface area contributed by atoms with Crippen molar-refractivity contribution in [3.63, 3.8) is 0 Å². The predicted molar refractivity (Wildman–Crippen MR) is 148 cm³/mol. The highest BCUT2D eigenvalue weighted by molar-refractivity contribution is 5.76. The summed E-state index contributed by atoms with van der Waals surface area (Å²) in [5.41, 5.74) is -2.15. The number of alkyl halides is 3. The van der Waals surface area contributed by atoms with E-state index in [2.05, 4.69) is 4.90 Å². The van der Waals surface area contributed by atoms with Crippen molar-refractivity contribution in [2.45, 2.75) is 76.2 Å². The molecule has 40 heavy (non-hydrogen) atoms. The zero-order valence-electron chi connectivity index (χ0n) is 23.9. The van der Waals surface area contributed by atoms with Gasteiger partial charge < -0.3 is 19.5 Å². The van der Waals surface area contributed by atoms with Crippen molar-refractivity contribution in [1.82, 2.24) is 9.80 Å². The summed E-state index contributed by atoms with van der Waals surface area (Å²) in [4.78, 5) is 16.3. The zero-order valence-corrected chi connectivity index (χ0v) is 23.9. The van der Waals surface area contributed by atoms with E-state index in [0.717, 1.165) is 19.3 Å². The molecule has 2 aromatic rings. The molecule has 2 aromatic carbocycles. The zero-order chi connectivity index (χ0) is 29.1. The fourth-order valence-corrected chi connectivity index (χ4v) is 6.02. The minimum atomic E-state index is -4.67. The average Bonchev–Trinajstić information content (AvgIpc) is 2.90. The SMILES string of the molecule is COc1ccc(C(CN2CCN(C(=O)OC(C)(C)C)CC2)C2(O)CCCCC2)c(C(F)(F)F)c1-c1ccccc1. The lowest BCUT2D eigenvalue weighted by atomic mass is 9.70. The second-order valence-electron chi connectivity index (χ2n) is 12.0. The monoisotopic (exact) mass is 562 g/mol. The van der Waals surface area contributed by atoms with Gasteiger partial charge in [0.05, 0.1) is 18.3 Å². The third-order valence-electron chi connectivity index (χ3n) is 7.97. The van der Waals surface area contributed by atoms with E-state index in [4.69, 9.17) is 9.47 Å². The third-order valence-corrected chi connectivity index (χ3v) is 7.97. The lowest BCUT2D eigenvalue weighted by Gasteiger charge is -2.44. The lowest BCUT2D eigenvalue weighted by molar-refractivity contribution is -0.139. The molecule has 0 spiro atoms. The maximum atomic E-state index is 15.0. The molecule has 0 bridgehead atoms.